The van der Waals surface area contributed by atoms with Crippen molar-refractivity contribution in [2.24, 2.45) is 0 Å². The third kappa shape index (κ3) is 1.80. The lowest BCUT2D eigenvalue weighted by atomic mass is 10.3. The molecule has 0 atom stereocenters. The van der Waals surface area contributed by atoms with Crippen LogP contribution in [0.2, 0.25) is 5.15 Å². The molecule has 0 fully saturated rings. The maximum atomic E-state index is 6.05. The molecule has 3 aromatic rings. The van der Waals surface area contributed by atoms with E-state index < -0.39 is 0 Å². The number of anilines is 1. The van der Waals surface area contributed by atoms with Crippen LogP contribution < -0.4 is 5.32 Å². The molecule has 7 heteroatoms. The molecular weight excluding hydrogens is 254 g/mol. The number of hydrogen-bond donors (Lipinski definition) is 1. The Balaban J connectivity index is 1.99. The van der Waals surface area contributed by atoms with E-state index in [0.29, 0.717) is 17.5 Å². The fraction of sp³-hybridized carbons (Fsp3) is 0.182. The molecule has 0 bridgehead atoms. The van der Waals surface area contributed by atoms with Gasteiger partial charge in [0.2, 0.25) is 0 Å². The van der Waals surface area contributed by atoms with Crippen LogP contribution in [0.5, 0.6) is 0 Å². The molecule has 0 aliphatic rings. The lowest BCUT2D eigenvalue weighted by Crippen LogP contribution is -2.08. The van der Waals surface area contributed by atoms with Gasteiger partial charge in [0.1, 0.15) is 23.1 Å². The molecule has 18 heavy (non-hydrogen) atoms. The van der Waals surface area contributed by atoms with Crippen LogP contribution in [-0.4, -0.2) is 19.6 Å². The molecule has 92 valence electrons. The van der Waals surface area contributed by atoms with Crippen molar-refractivity contribution < 1.29 is 4.42 Å². The van der Waals surface area contributed by atoms with Gasteiger partial charge in [-0.3, -0.25) is 0 Å². The fourth-order valence-corrected chi connectivity index (χ4v) is 1.85. The number of nitrogens with zero attached hydrogens (tertiary/aromatic N) is 4. The topological polar surface area (TPSA) is 68.2 Å². The zero-order valence-corrected chi connectivity index (χ0v) is 10.3. The van der Waals surface area contributed by atoms with Crippen molar-refractivity contribution in [1.82, 2.24) is 19.6 Å². The molecule has 3 heterocycles. The number of furan rings is 1. The van der Waals surface area contributed by atoms with Crippen LogP contribution in [0.4, 0.5) is 5.82 Å². The molecule has 1 N–H and O–H groups in total. The second-order valence-electron chi connectivity index (χ2n) is 3.78. The Morgan fingerprint density at radius 3 is 3.17 bits per heavy atom. The van der Waals surface area contributed by atoms with Crippen molar-refractivity contribution >= 4 is 23.2 Å². The first-order valence-electron chi connectivity index (χ1n) is 5.38. The van der Waals surface area contributed by atoms with Gasteiger partial charge in [-0.05, 0) is 19.1 Å². The van der Waals surface area contributed by atoms with Gasteiger partial charge in [0, 0.05) is 5.56 Å². The van der Waals surface area contributed by atoms with Gasteiger partial charge in [0.05, 0.1) is 12.8 Å². The number of rotatable bonds is 3. The molecule has 6 nitrogen and oxygen atoms in total. The average molecular weight is 264 g/mol. The molecular formula is C11H10ClN5O. The molecule has 0 unspecified atom stereocenters. The molecule has 0 aliphatic heterocycles. The van der Waals surface area contributed by atoms with Gasteiger partial charge in [-0.15, -0.1) is 0 Å². The molecule has 0 aliphatic carbocycles. The summed E-state index contributed by atoms with van der Waals surface area (Å²) >= 11 is 6.05. The maximum absolute atomic E-state index is 6.05. The minimum atomic E-state index is 0.414. The van der Waals surface area contributed by atoms with Crippen molar-refractivity contribution in [2.75, 3.05) is 5.32 Å². The number of hydrogen-bond acceptors (Lipinski definition) is 5. The molecule has 0 aromatic carbocycles. The van der Waals surface area contributed by atoms with Gasteiger partial charge in [0.25, 0.3) is 5.78 Å². The molecule has 0 amide bonds. The molecule has 0 spiro atoms. The Morgan fingerprint density at radius 1 is 1.50 bits per heavy atom. The number of halogens is 1. The standard InChI is InChI=1S/C11H10ClN5O/c1-7-9(12)16-11-14-6-15-17(11)10(7)13-5-8-3-2-4-18-8/h2-4,6,13H,5H2,1H3. The van der Waals surface area contributed by atoms with Crippen LogP contribution in [-0.2, 0) is 6.54 Å². The second kappa shape index (κ2) is 4.30. The lowest BCUT2D eigenvalue weighted by Gasteiger charge is -2.10. The molecule has 3 rings (SSSR count). The van der Waals surface area contributed by atoms with Crippen LogP contribution in [0.15, 0.2) is 29.1 Å². The molecule has 3 aromatic heterocycles. The largest absolute Gasteiger partial charge is 0.467 e. The summed E-state index contributed by atoms with van der Waals surface area (Å²) in [5.41, 5.74) is 0.821. The Bertz CT molecular complexity index is 676. The van der Waals surface area contributed by atoms with E-state index in [2.05, 4.69) is 20.4 Å². The van der Waals surface area contributed by atoms with Crippen molar-refractivity contribution in [1.29, 1.82) is 0 Å². The van der Waals surface area contributed by atoms with Crippen LogP contribution in [0, 0.1) is 6.92 Å². The van der Waals surface area contributed by atoms with Crippen LogP contribution in [0.3, 0.4) is 0 Å². The van der Waals surface area contributed by atoms with E-state index in [0.717, 1.165) is 17.1 Å². The summed E-state index contributed by atoms with van der Waals surface area (Å²) in [4.78, 5) is 8.15. The van der Waals surface area contributed by atoms with E-state index in [1.807, 2.05) is 19.1 Å². The van der Waals surface area contributed by atoms with Gasteiger partial charge in [-0.1, -0.05) is 11.6 Å². The Hall–Kier alpha value is -2.08. The predicted molar refractivity (Wildman–Crippen MR) is 66.6 cm³/mol. The highest BCUT2D eigenvalue weighted by Gasteiger charge is 2.12. The van der Waals surface area contributed by atoms with E-state index in [-0.39, 0.29) is 0 Å². The van der Waals surface area contributed by atoms with E-state index in [9.17, 15) is 0 Å². The van der Waals surface area contributed by atoms with Gasteiger partial charge in [-0.2, -0.15) is 19.6 Å². The lowest BCUT2D eigenvalue weighted by molar-refractivity contribution is 0.517. The minimum Gasteiger partial charge on any atom is -0.467 e. The zero-order valence-electron chi connectivity index (χ0n) is 9.59. The first-order valence-corrected chi connectivity index (χ1v) is 5.75. The molecule has 0 radical (unpaired) electrons. The quantitative estimate of drug-likeness (QED) is 0.735. The number of aromatic nitrogens is 4. The predicted octanol–water partition coefficient (Wildman–Crippen LogP) is 2.29. The Morgan fingerprint density at radius 2 is 2.39 bits per heavy atom. The summed E-state index contributed by atoms with van der Waals surface area (Å²) in [5, 5.41) is 7.75. The number of nitrogens with one attached hydrogen (secondary N) is 1. The van der Waals surface area contributed by atoms with Crippen molar-refractivity contribution in [3.05, 3.63) is 41.2 Å². The summed E-state index contributed by atoms with van der Waals surface area (Å²) in [7, 11) is 0. The first-order chi connectivity index (χ1) is 8.75. The fourth-order valence-electron chi connectivity index (χ4n) is 1.69. The highest BCUT2D eigenvalue weighted by atomic mass is 35.5. The van der Waals surface area contributed by atoms with E-state index >= 15 is 0 Å². The zero-order chi connectivity index (χ0) is 12.5. The SMILES string of the molecule is Cc1c(Cl)nc2ncnn2c1NCc1ccco1. The highest BCUT2D eigenvalue weighted by molar-refractivity contribution is 6.30. The van der Waals surface area contributed by atoms with E-state index in [4.69, 9.17) is 16.0 Å². The van der Waals surface area contributed by atoms with Crippen molar-refractivity contribution in [3.8, 4) is 0 Å². The summed E-state index contributed by atoms with van der Waals surface area (Å²) in [5.74, 6) is 2.06. The molecule has 0 saturated heterocycles. The molecule has 0 saturated carbocycles. The Labute approximate surface area is 108 Å². The third-order valence-corrected chi connectivity index (χ3v) is 2.98. The van der Waals surface area contributed by atoms with Gasteiger partial charge in [-0.25, -0.2) is 0 Å². The number of fused-ring (bicyclic) bond motifs is 1. The van der Waals surface area contributed by atoms with E-state index in [1.165, 1.54) is 6.33 Å². The normalized spacial score (nSPS) is 11.0. The maximum Gasteiger partial charge on any atom is 0.255 e. The summed E-state index contributed by atoms with van der Waals surface area (Å²) in [6.45, 7) is 2.42. The second-order valence-corrected chi connectivity index (χ2v) is 4.14. The monoisotopic (exact) mass is 263 g/mol. The van der Waals surface area contributed by atoms with Crippen LogP contribution in [0.25, 0.3) is 5.78 Å². The third-order valence-electron chi connectivity index (χ3n) is 2.61. The average Bonchev–Trinajstić information content (AvgIpc) is 3.00. The van der Waals surface area contributed by atoms with Gasteiger partial charge < -0.3 is 9.73 Å². The van der Waals surface area contributed by atoms with Gasteiger partial charge >= 0.3 is 0 Å². The summed E-state index contributed by atoms with van der Waals surface area (Å²) < 4.78 is 6.88. The first kappa shape index (κ1) is 11.0. The van der Waals surface area contributed by atoms with Crippen LogP contribution in [0.1, 0.15) is 11.3 Å². The van der Waals surface area contributed by atoms with E-state index in [1.54, 1.807) is 10.8 Å². The van der Waals surface area contributed by atoms with Gasteiger partial charge in [0.15, 0.2) is 0 Å². The van der Waals surface area contributed by atoms with Crippen molar-refractivity contribution in [2.45, 2.75) is 13.5 Å². The smallest absolute Gasteiger partial charge is 0.255 e. The summed E-state index contributed by atoms with van der Waals surface area (Å²) in [6.07, 6.45) is 3.07. The highest BCUT2D eigenvalue weighted by Crippen LogP contribution is 2.22. The minimum absolute atomic E-state index is 0.414. The Kier molecular flexibility index (Phi) is 2.64. The summed E-state index contributed by atoms with van der Waals surface area (Å²) in [6, 6.07) is 3.73. The van der Waals surface area contributed by atoms with Crippen LogP contribution >= 0.6 is 11.6 Å². The van der Waals surface area contributed by atoms with Crippen molar-refractivity contribution in [3.63, 3.8) is 0 Å².